The van der Waals surface area contributed by atoms with Gasteiger partial charge in [0.1, 0.15) is 11.6 Å². The zero-order valence-electron chi connectivity index (χ0n) is 12.0. The normalized spacial score (nSPS) is 10.7. The summed E-state index contributed by atoms with van der Waals surface area (Å²) in [5.41, 5.74) is 0.813. The second kappa shape index (κ2) is 6.78. The lowest BCUT2D eigenvalue weighted by atomic mass is 10.2. The van der Waals surface area contributed by atoms with Crippen LogP contribution in [0.3, 0.4) is 0 Å². The van der Waals surface area contributed by atoms with Crippen LogP contribution in [0.2, 0.25) is 0 Å². The van der Waals surface area contributed by atoms with Crippen LogP contribution < -0.4 is 5.32 Å². The van der Waals surface area contributed by atoms with E-state index in [0.29, 0.717) is 18.8 Å². The minimum atomic E-state index is -0.317. The number of nitrogens with one attached hydrogen (secondary N) is 1. The van der Waals surface area contributed by atoms with Crippen LogP contribution in [0.1, 0.15) is 21.9 Å². The average Bonchev–Trinajstić information content (AvgIpc) is 3.16. The molecular weight excluding hydrogens is 365 g/mol. The van der Waals surface area contributed by atoms with Gasteiger partial charge in [-0.3, -0.25) is 9.48 Å². The van der Waals surface area contributed by atoms with Crippen molar-refractivity contribution in [1.29, 1.82) is 0 Å². The first-order valence-corrected chi connectivity index (χ1v) is 7.69. The van der Waals surface area contributed by atoms with Crippen molar-refractivity contribution >= 4 is 21.8 Å². The topological polar surface area (TPSA) is 60.1 Å². The number of hydrogen-bond donors (Lipinski definition) is 1. The Bertz CT molecular complexity index is 811. The fraction of sp³-hybridized carbons (Fsp3) is 0.125. The number of aromatic nitrogens is 2. The maximum atomic E-state index is 12.8. The Kier molecular flexibility index (Phi) is 4.57. The number of hydrogen-bond acceptors (Lipinski definition) is 3. The summed E-state index contributed by atoms with van der Waals surface area (Å²) in [6, 6.07) is 9.32. The first kappa shape index (κ1) is 15.5. The molecule has 0 unspecified atom stereocenters. The Morgan fingerprint density at radius 2 is 2.04 bits per heavy atom. The summed E-state index contributed by atoms with van der Waals surface area (Å²) >= 11 is 3.32. The standard InChI is InChI=1S/C16H13BrFN3O2/c17-12-8-20-21(9-12)10-14-5-6-15(23-14)16(22)19-7-11-1-3-13(18)4-2-11/h1-6,8-9H,7,10H2,(H,19,22). The fourth-order valence-corrected chi connectivity index (χ4v) is 2.37. The SMILES string of the molecule is O=C(NCc1ccc(F)cc1)c1ccc(Cn2cc(Br)cn2)o1. The molecule has 0 radical (unpaired) electrons. The van der Waals surface area contributed by atoms with Gasteiger partial charge in [0.15, 0.2) is 5.76 Å². The van der Waals surface area contributed by atoms with Gasteiger partial charge in [0.25, 0.3) is 5.91 Å². The molecule has 0 spiro atoms. The van der Waals surface area contributed by atoms with Crippen LogP contribution in [0.15, 0.2) is 57.7 Å². The summed E-state index contributed by atoms with van der Waals surface area (Å²) in [5, 5.41) is 6.86. The third-order valence-corrected chi connectivity index (χ3v) is 3.58. The predicted molar refractivity (Wildman–Crippen MR) is 85.3 cm³/mol. The van der Waals surface area contributed by atoms with E-state index in [1.165, 1.54) is 12.1 Å². The molecule has 2 heterocycles. The number of halogens is 2. The number of carbonyl (C=O) groups excluding carboxylic acids is 1. The number of carbonyl (C=O) groups is 1. The van der Waals surface area contributed by atoms with Gasteiger partial charge in [-0.25, -0.2) is 4.39 Å². The minimum Gasteiger partial charge on any atom is -0.454 e. The third-order valence-electron chi connectivity index (χ3n) is 3.17. The van der Waals surface area contributed by atoms with E-state index in [1.54, 1.807) is 35.1 Å². The van der Waals surface area contributed by atoms with Crippen LogP contribution >= 0.6 is 15.9 Å². The number of benzene rings is 1. The molecule has 3 rings (SSSR count). The highest BCUT2D eigenvalue weighted by Crippen LogP contribution is 2.12. The Hall–Kier alpha value is -2.41. The quantitative estimate of drug-likeness (QED) is 0.741. The zero-order valence-corrected chi connectivity index (χ0v) is 13.6. The van der Waals surface area contributed by atoms with E-state index in [0.717, 1.165) is 10.0 Å². The monoisotopic (exact) mass is 377 g/mol. The molecule has 2 aromatic heterocycles. The molecule has 1 N–H and O–H groups in total. The van der Waals surface area contributed by atoms with E-state index < -0.39 is 0 Å². The summed E-state index contributed by atoms with van der Waals surface area (Å²) in [4.78, 5) is 12.0. The van der Waals surface area contributed by atoms with Gasteiger partial charge in [-0.05, 0) is 45.8 Å². The average molecular weight is 378 g/mol. The lowest BCUT2D eigenvalue weighted by molar-refractivity contribution is 0.0921. The Morgan fingerprint density at radius 1 is 1.26 bits per heavy atom. The van der Waals surface area contributed by atoms with Gasteiger partial charge in [-0.2, -0.15) is 5.10 Å². The third kappa shape index (κ3) is 4.07. The van der Waals surface area contributed by atoms with Crippen molar-refractivity contribution in [2.45, 2.75) is 13.1 Å². The predicted octanol–water partition coefficient (Wildman–Crippen LogP) is 3.36. The smallest absolute Gasteiger partial charge is 0.287 e. The molecule has 5 nitrogen and oxygen atoms in total. The summed E-state index contributed by atoms with van der Waals surface area (Å²) < 4.78 is 20.9. The molecule has 0 saturated heterocycles. The molecule has 1 aromatic carbocycles. The van der Waals surface area contributed by atoms with E-state index >= 15 is 0 Å². The lowest BCUT2D eigenvalue weighted by Gasteiger charge is -2.03. The van der Waals surface area contributed by atoms with E-state index in [-0.39, 0.29) is 17.5 Å². The molecule has 118 valence electrons. The van der Waals surface area contributed by atoms with Crippen molar-refractivity contribution in [3.05, 3.63) is 76.2 Å². The summed E-state index contributed by atoms with van der Waals surface area (Å²) in [6.45, 7) is 0.748. The lowest BCUT2D eigenvalue weighted by Crippen LogP contribution is -2.22. The highest BCUT2D eigenvalue weighted by atomic mass is 79.9. The van der Waals surface area contributed by atoms with Gasteiger partial charge in [0.05, 0.1) is 17.2 Å². The van der Waals surface area contributed by atoms with E-state index in [4.69, 9.17) is 4.42 Å². The first-order chi connectivity index (χ1) is 11.1. The summed E-state index contributed by atoms with van der Waals surface area (Å²) in [6.07, 6.45) is 3.50. The van der Waals surface area contributed by atoms with Crippen molar-refractivity contribution in [2.75, 3.05) is 0 Å². The molecular formula is C16H13BrFN3O2. The maximum Gasteiger partial charge on any atom is 0.287 e. The fourth-order valence-electron chi connectivity index (χ4n) is 2.04. The van der Waals surface area contributed by atoms with Crippen LogP contribution in [-0.2, 0) is 13.1 Å². The maximum absolute atomic E-state index is 12.8. The molecule has 3 aromatic rings. The molecule has 1 amide bonds. The number of amides is 1. The molecule has 0 aliphatic carbocycles. The summed E-state index contributed by atoms with van der Waals surface area (Å²) in [5.74, 6) is 0.240. The molecule has 0 bridgehead atoms. The Balaban J connectivity index is 1.58. The second-order valence-electron chi connectivity index (χ2n) is 4.93. The molecule has 7 heteroatoms. The second-order valence-corrected chi connectivity index (χ2v) is 5.85. The first-order valence-electron chi connectivity index (χ1n) is 6.89. The largest absolute Gasteiger partial charge is 0.454 e. The van der Waals surface area contributed by atoms with E-state index in [9.17, 15) is 9.18 Å². The molecule has 0 aliphatic heterocycles. The van der Waals surface area contributed by atoms with Gasteiger partial charge < -0.3 is 9.73 Å². The van der Waals surface area contributed by atoms with Crippen molar-refractivity contribution in [1.82, 2.24) is 15.1 Å². The van der Waals surface area contributed by atoms with Crippen molar-refractivity contribution in [2.24, 2.45) is 0 Å². The highest BCUT2D eigenvalue weighted by molar-refractivity contribution is 9.10. The molecule has 0 fully saturated rings. The zero-order chi connectivity index (χ0) is 16.2. The highest BCUT2D eigenvalue weighted by Gasteiger charge is 2.11. The van der Waals surface area contributed by atoms with Crippen molar-refractivity contribution in [3.63, 3.8) is 0 Å². The van der Waals surface area contributed by atoms with Crippen molar-refractivity contribution < 1.29 is 13.6 Å². The van der Waals surface area contributed by atoms with E-state index in [1.807, 2.05) is 6.20 Å². The van der Waals surface area contributed by atoms with Gasteiger partial charge in [0.2, 0.25) is 0 Å². The van der Waals surface area contributed by atoms with Crippen LogP contribution in [0.5, 0.6) is 0 Å². The van der Waals surface area contributed by atoms with Gasteiger partial charge >= 0.3 is 0 Å². The molecule has 0 atom stereocenters. The number of rotatable bonds is 5. The van der Waals surface area contributed by atoms with Gasteiger partial charge in [0, 0.05) is 12.7 Å². The molecule has 0 saturated carbocycles. The Labute approximate surface area is 140 Å². The number of furan rings is 1. The van der Waals surface area contributed by atoms with Crippen LogP contribution in [0.25, 0.3) is 0 Å². The van der Waals surface area contributed by atoms with Crippen LogP contribution in [-0.4, -0.2) is 15.7 Å². The Morgan fingerprint density at radius 3 is 2.74 bits per heavy atom. The molecule has 0 aliphatic rings. The van der Waals surface area contributed by atoms with Crippen molar-refractivity contribution in [3.8, 4) is 0 Å². The van der Waals surface area contributed by atoms with Gasteiger partial charge in [-0.1, -0.05) is 12.1 Å². The molecule has 23 heavy (non-hydrogen) atoms. The number of nitrogens with zero attached hydrogens (tertiary/aromatic N) is 2. The van der Waals surface area contributed by atoms with Gasteiger partial charge in [-0.15, -0.1) is 0 Å². The van der Waals surface area contributed by atoms with Crippen LogP contribution in [0, 0.1) is 5.82 Å². The minimum absolute atomic E-state index is 0.230. The van der Waals surface area contributed by atoms with Crippen LogP contribution in [0.4, 0.5) is 4.39 Å². The van der Waals surface area contributed by atoms with E-state index in [2.05, 4.69) is 26.3 Å². The summed E-state index contributed by atoms with van der Waals surface area (Å²) in [7, 11) is 0.